The van der Waals surface area contributed by atoms with Crippen molar-refractivity contribution in [2.24, 2.45) is 0 Å². The predicted molar refractivity (Wildman–Crippen MR) is 57.3 cm³/mol. The molecule has 1 fully saturated rings. The van der Waals surface area contributed by atoms with Crippen LogP contribution in [0.3, 0.4) is 0 Å². The zero-order valence-electron chi connectivity index (χ0n) is 9.52. The average Bonchev–Trinajstić information content (AvgIpc) is 2.21. The van der Waals surface area contributed by atoms with Crippen molar-refractivity contribution in [3.05, 3.63) is 0 Å². The Hall–Kier alpha value is -1.10. The van der Waals surface area contributed by atoms with Crippen molar-refractivity contribution in [2.75, 3.05) is 13.6 Å². The zero-order valence-corrected chi connectivity index (χ0v) is 9.52. The van der Waals surface area contributed by atoms with Crippen molar-refractivity contribution in [2.45, 2.75) is 38.3 Å². The molecule has 86 valence electrons. The first-order chi connectivity index (χ1) is 6.97. The van der Waals surface area contributed by atoms with Crippen LogP contribution in [0.25, 0.3) is 0 Å². The van der Waals surface area contributed by atoms with Gasteiger partial charge in [0.25, 0.3) is 0 Å². The van der Waals surface area contributed by atoms with E-state index in [-0.39, 0.29) is 17.9 Å². The van der Waals surface area contributed by atoms with Crippen molar-refractivity contribution in [3.8, 4) is 0 Å². The third-order valence-corrected chi connectivity index (χ3v) is 2.78. The van der Waals surface area contributed by atoms with Gasteiger partial charge in [-0.05, 0) is 33.7 Å². The Bertz CT molecular complexity index is 263. The van der Waals surface area contributed by atoms with Crippen LogP contribution in [0.15, 0.2) is 0 Å². The molecule has 0 saturated carbocycles. The van der Waals surface area contributed by atoms with Crippen molar-refractivity contribution in [3.63, 3.8) is 0 Å². The molecule has 0 radical (unpaired) electrons. The van der Waals surface area contributed by atoms with Gasteiger partial charge in [-0.3, -0.25) is 9.59 Å². The maximum atomic E-state index is 11.8. The molecular formula is C10H19N3O2. The van der Waals surface area contributed by atoms with Gasteiger partial charge < -0.3 is 16.0 Å². The summed E-state index contributed by atoms with van der Waals surface area (Å²) in [6, 6.07) is -0.376. The lowest BCUT2D eigenvalue weighted by molar-refractivity contribution is -0.132. The number of hydrogen-bond acceptors (Lipinski definition) is 3. The minimum absolute atomic E-state index is 0.0819. The van der Waals surface area contributed by atoms with E-state index in [4.69, 9.17) is 0 Å². The summed E-state index contributed by atoms with van der Waals surface area (Å²) in [5.74, 6) is -0.228. The monoisotopic (exact) mass is 213 g/mol. The van der Waals surface area contributed by atoms with Crippen molar-refractivity contribution < 1.29 is 9.59 Å². The number of piperidine rings is 1. The van der Waals surface area contributed by atoms with Gasteiger partial charge >= 0.3 is 0 Å². The van der Waals surface area contributed by atoms with Gasteiger partial charge in [-0.1, -0.05) is 0 Å². The van der Waals surface area contributed by atoms with E-state index in [0.29, 0.717) is 6.54 Å². The van der Waals surface area contributed by atoms with E-state index in [0.717, 1.165) is 12.8 Å². The topological polar surface area (TPSA) is 70.2 Å². The summed E-state index contributed by atoms with van der Waals surface area (Å²) < 4.78 is 0. The molecule has 1 unspecified atom stereocenters. The molecule has 1 saturated heterocycles. The molecule has 1 rings (SSSR count). The highest BCUT2D eigenvalue weighted by Gasteiger charge is 2.30. The molecule has 0 aromatic heterocycles. The van der Waals surface area contributed by atoms with E-state index in [1.165, 1.54) is 0 Å². The molecule has 3 N–H and O–H groups in total. The van der Waals surface area contributed by atoms with Crippen LogP contribution in [0.4, 0.5) is 0 Å². The Kier molecular flexibility index (Phi) is 3.68. The van der Waals surface area contributed by atoms with Gasteiger partial charge in [0.15, 0.2) is 0 Å². The van der Waals surface area contributed by atoms with E-state index in [9.17, 15) is 9.59 Å². The second kappa shape index (κ2) is 4.61. The van der Waals surface area contributed by atoms with Gasteiger partial charge in [0.05, 0.1) is 5.54 Å². The molecule has 1 aliphatic heterocycles. The predicted octanol–water partition coefficient (Wildman–Crippen LogP) is -0.621. The van der Waals surface area contributed by atoms with Crippen LogP contribution in [0.5, 0.6) is 0 Å². The van der Waals surface area contributed by atoms with Gasteiger partial charge in [0.1, 0.15) is 6.04 Å². The number of carbonyl (C=O) groups excluding carboxylic acids is 2. The summed E-state index contributed by atoms with van der Waals surface area (Å²) in [6.07, 6.45) is 1.63. The Morgan fingerprint density at radius 1 is 1.53 bits per heavy atom. The fourth-order valence-corrected chi connectivity index (χ4v) is 1.36. The second-order valence-corrected chi connectivity index (χ2v) is 4.33. The van der Waals surface area contributed by atoms with Crippen LogP contribution in [0, 0.1) is 0 Å². The molecule has 0 spiro atoms. The highest BCUT2D eigenvalue weighted by Crippen LogP contribution is 2.06. The van der Waals surface area contributed by atoms with Crippen LogP contribution < -0.4 is 16.0 Å². The van der Waals surface area contributed by atoms with Crippen LogP contribution in [-0.4, -0.2) is 37.0 Å². The number of likely N-dealkylation sites (N-methyl/N-ethyl adjacent to an activating group) is 1. The van der Waals surface area contributed by atoms with Crippen molar-refractivity contribution >= 4 is 11.8 Å². The van der Waals surface area contributed by atoms with Crippen LogP contribution in [-0.2, 0) is 9.59 Å². The molecule has 5 heteroatoms. The van der Waals surface area contributed by atoms with E-state index in [1.807, 2.05) is 0 Å². The third-order valence-electron chi connectivity index (χ3n) is 2.78. The molecule has 15 heavy (non-hydrogen) atoms. The maximum Gasteiger partial charge on any atom is 0.242 e. The summed E-state index contributed by atoms with van der Waals surface area (Å²) in [5.41, 5.74) is -0.641. The SMILES string of the molecule is CNC(C)(C)C(=O)NC1CCCNC1=O. The van der Waals surface area contributed by atoms with Gasteiger partial charge in [0.2, 0.25) is 11.8 Å². The molecule has 0 aliphatic carbocycles. The van der Waals surface area contributed by atoms with E-state index in [2.05, 4.69) is 16.0 Å². The van der Waals surface area contributed by atoms with Crippen LogP contribution in [0.2, 0.25) is 0 Å². The maximum absolute atomic E-state index is 11.8. The first-order valence-corrected chi connectivity index (χ1v) is 5.25. The molecule has 2 amide bonds. The molecular weight excluding hydrogens is 194 g/mol. The molecule has 1 aliphatic rings. The molecule has 0 aromatic rings. The zero-order chi connectivity index (χ0) is 11.5. The average molecular weight is 213 g/mol. The normalized spacial score (nSPS) is 22.1. The Balaban J connectivity index is 2.53. The highest BCUT2D eigenvalue weighted by molar-refractivity contribution is 5.91. The van der Waals surface area contributed by atoms with E-state index >= 15 is 0 Å². The van der Waals surface area contributed by atoms with Gasteiger partial charge in [-0.25, -0.2) is 0 Å². The third kappa shape index (κ3) is 2.92. The number of nitrogens with one attached hydrogen (secondary N) is 3. The Morgan fingerprint density at radius 3 is 2.73 bits per heavy atom. The second-order valence-electron chi connectivity index (χ2n) is 4.33. The molecule has 1 atom stereocenters. The molecule has 0 bridgehead atoms. The minimum Gasteiger partial charge on any atom is -0.354 e. The van der Waals surface area contributed by atoms with E-state index in [1.54, 1.807) is 20.9 Å². The molecule has 5 nitrogen and oxygen atoms in total. The summed E-state index contributed by atoms with van der Waals surface area (Å²) in [7, 11) is 1.72. The fourth-order valence-electron chi connectivity index (χ4n) is 1.36. The fraction of sp³-hybridized carbons (Fsp3) is 0.800. The number of amides is 2. The van der Waals surface area contributed by atoms with Gasteiger partial charge in [-0.15, -0.1) is 0 Å². The van der Waals surface area contributed by atoms with Gasteiger partial charge in [0, 0.05) is 6.54 Å². The number of hydrogen-bond donors (Lipinski definition) is 3. The lowest BCUT2D eigenvalue weighted by Gasteiger charge is -2.28. The first-order valence-electron chi connectivity index (χ1n) is 5.25. The number of carbonyl (C=O) groups is 2. The molecule has 0 aromatic carbocycles. The summed E-state index contributed by atoms with van der Waals surface area (Å²) in [5, 5.41) is 8.38. The van der Waals surface area contributed by atoms with Crippen LogP contribution >= 0.6 is 0 Å². The standard InChI is InChI=1S/C10H19N3O2/c1-10(2,11-3)9(15)13-7-5-4-6-12-8(7)14/h7,11H,4-6H2,1-3H3,(H,12,14)(H,13,15). The Labute approximate surface area is 90.0 Å². The Morgan fingerprint density at radius 2 is 2.20 bits per heavy atom. The van der Waals surface area contributed by atoms with Crippen molar-refractivity contribution in [1.82, 2.24) is 16.0 Å². The smallest absolute Gasteiger partial charge is 0.242 e. The largest absolute Gasteiger partial charge is 0.354 e. The lowest BCUT2D eigenvalue weighted by Crippen LogP contribution is -2.58. The summed E-state index contributed by atoms with van der Waals surface area (Å²) >= 11 is 0. The first kappa shape index (κ1) is 12.0. The van der Waals surface area contributed by atoms with Crippen molar-refractivity contribution in [1.29, 1.82) is 0 Å². The number of rotatable bonds is 3. The lowest BCUT2D eigenvalue weighted by atomic mass is 10.0. The quantitative estimate of drug-likeness (QED) is 0.585. The summed E-state index contributed by atoms with van der Waals surface area (Å²) in [4.78, 5) is 23.2. The molecule has 1 heterocycles. The summed E-state index contributed by atoms with van der Waals surface area (Å²) in [6.45, 7) is 4.27. The van der Waals surface area contributed by atoms with Gasteiger partial charge in [-0.2, -0.15) is 0 Å². The van der Waals surface area contributed by atoms with Crippen LogP contribution in [0.1, 0.15) is 26.7 Å². The van der Waals surface area contributed by atoms with E-state index < -0.39 is 5.54 Å². The highest BCUT2D eigenvalue weighted by atomic mass is 16.2. The minimum atomic E-state index is -0.641.